The molecule has 2 aromatic rings. The molecule has 2 heterocycles. The van der Waals surface area contributed by atoms with Crippen molar-refractivity contribution in [2.45, 2.75) is 26.9 Å². The fourth-order valence-electron chi connectivity index (χ4n) is 3.17. The summed E-state index contributed by atoms with van der Waals surface area (Å²) in [6.07, 6.45) is 1.60. The van der Waals surface area contributed by atoms with E-state index in [0.29, 0.717) is 13.2 Å². The molecule has 8 heteroatoms. The van der Waals surface area contributed by atoms with Crippen molar-refractivity contribution in [1.82, 2.24) is 20.3 Å². The van der Waals surface area contributed by atoms with Gasteiger partial charge in [0.05, 0.1) is 18.8 Å². The SMILES string of the molecule is CCNC(=NCc1ccc(OCC)c(F)c1)N1CCN(Cc2ccon2)CC1. The number of aliphatic imine (C=N–C) groups is 1. The summed E-state index contributed by atoms with van der Waals surface area (Å²) < 4.78 is 24.2. The molecule has 28 heavy (non-hydrogen) atoms. The number of nitrogens with zero attached hydrogens (tertiary/aromatic N) is 4. The third-order valence-electron chi connectivity index (χ3n) is 4.59. The van der Waals surface area contributed by atoms with E-state index in [-0.39, 0.29) is 11.6 Å². The van der Waals surface area contributed by atoms with Crippen LogP contribution in [-0.2, 0) is 13.1 Å². The van der Waals surface area contributed by atoms with E-state index in [4.69, 9.17) is 14.3 Å². The summed E-state index contributed by atoms with van der Waals surface area (Å²) >= 11 is 0. The molecule has 1 aromatic carbocycles. The van der Waals surface area contributed by atoms with E-state index in [1.54, 1.807) is 12.3 Å². The summed E-state index contributed by atoms with van der Waals surface area (Å²) in [7, 11) is 0. The third-order valence-corrected chi connectivity index (χ3v) is 4.59. The standard InChI is InChI=1S/C20H28FN5O2/c1-3-22-20(23-14-16-5-6-19(27-4-2)18(21)13-16)26-10-8-25(9-11-26)15-17-7-12-28-24-17/h5-7,12-13H,3-4,8-11,14-15H2,1-2H3,(H,22,23). The first-order chi connectivity index (χ1) is 13.7. The van der Waals surface area contributed by atoms with Gasteiger partial charge in [0.15, 0.2) is 17.5 Å². The van der Waals surface area contributed by atoms with Crippen molar-refractivity contribution in [3.63, 3.8) is 0 Å². The van der Waals surface area contributed by atoms with Crippen LogP contribution in [0.1, 0.15) is 25.1 Å². The fraction of sp³-hybridized carbons (Fsp3) is 0.500. The van der Waals surface area contributed by atoms with Crippen LogP contribution >= 0.6 is 0 Å². The summed E-state index contributed by atoms with van der Waals surface area (Å²) in [5, 5.41) is 7.32. The van der Waals surface area contributed by atoms with Crippen molar-refractivity contribution in [3.05, 3.63) is 47.6 Å². The fourth-order valence-corrected chi connectivity index (χ4v) is 3.17. The quantitative estimate of drug-likeness (QED) is 0.580. The number of hydrogen-bond acceptors (Lipinski definition) is 5. The van der Waals surface area contributed by atoms with Gasteiger partial charge < -0.3 is 19.5 Å². The van der Waals surface area contributed by atoms with Crippen molar-refractivity contribution in [2.75, 3.05) is 39.3 Å². The molecule has 0 bridgehead atoms. The predicted octanol–water partition coefficient (Wildman–Crippen LogP) is 2.50. The largest absolute Gasteiger partial charge is 0.491 e. The Hall–Kier alpha value is -2.61. The van der Waals surface area contributed by atoms with Gasteiger partial charge in [-0.3, -0.25) is 4.90 Å². The van der Waals surface area contributed by atoms with Crippen LogP contribution in [0.25, 0.3) is 0 Å². The Morgan fingerprint density at radius 1 is 1.25 bits per heavy atom. The Kier molecular flexibility index (Phi) is 7.25. The first-order valence-corrected chi connectivity index (χ1v) is 9.75. The minimum Gasteiger partial charge on any atom is -0.491 e. The number of guanidine groups is 1. The van der Waals surface area contributed by atoms with E-state index in [1.165, 1.54) is 6.07 Å². The van der Waals surface area contributed by atoms with Gasteiger partial charge in [0, 0.05) is 45.3 Å². The maximum atomic E-state index is 14.0. The van der Waals surface area contributed by atoms with Crippen LogP contribution in [0, 0.1) is 5.82 Å². The van der Waals surface area contributed by atoms with Gasteiger partial charge in [0.1, 0.15) is 6.26 Å². The number of piperazine rings is 1. The van der Waals surface area contributed by atoms with Crippen molar-refractivity contribution in [1.29, 1.82) is 0 Å². The van der Waals surface area contributed by atoms with Crippen LogP contribution < -0.4 is 10.1 Å². The Morgan fingerprint density at radius 2 is 2.07 bits per heavy atom. The van der Waals surface area contributed by atoms with Crippen molar-refractivity contribution in [3.8, 4) is 5.75 Å². The molecule has 1 aliphatic rings. The Labute approximate surface area is 165 Å². The molecule has 1 N–H and O–H groups in total. The highest BCUT2D eigenvalue weighted by Gasteiger charge is 2.20. The first kappa shape index (κ1) is 20.1. The van der Waals surface area contributed by atoms with Crippen LogP contribution in [-0.4, -0.2) is 60.2 Å². The first-order valence-electron chi connectivity index (χ1n) is 9.75. The number of rotatable bonds is 7. The number of hydrogen-bond donors (Lipinski definition) is 1. The highest BCUT2D eigenvalue weighted by Crippen LogP contribution is 2.19. The molecule has 3 rings (SSSR count). The second-order valence-corrected chi connectivity index (χ2v) is 6.62. The zero-order valence-corrected chi connectivity index (χ0v) is 16.5. The third kappa shape index (κ3) is 5.45. The van der Waals surface area contributed by atoms with Crippen LogP contribution in [0.2, 0.25) is 0 Å². The Morgan fingerprint density at radius 3 is 2.71 bits per heavy atom. The Bertz CT molecular complexity index is 758. The topological polar surface area (TPSA) is 66.1 Å². The molecule has 1 fully saturated rings. The zero-order valence-electron chi connectivity index (χ0n) is 16.5. The van der Waals surface area contributed by atoms with Gasteiger partial charge >= 0.3 is 0 Å². The summed E-state index contributed by atoms with van der Waals surface area (Å²) in [5.41, 5.74) is 1.77. The van der Waals surface area contributed by atoms with Crippen LogP contribution in [0.5, 0.6) is 5.75 Å². The Balaban J connectivity index is 1.57. The molecule has 0 saturated carbocycles. The lowest BCUT2D eigenvalue weighted by Gasteiger charge is -2.36. The minimum atomic E-state index is -0.346. The lowest BCUT2D eigenvalue weighted by molar-refractivity contribution is 0.169. The van der Waals surface area contributed by atoms with Gasteiger partial charge in [0.2, 0.25) is 0 Å². The van der Waals surface area contributed by atoms with Gasteiger partial charge in [-0.25, -0.2) is 9.38 Å². The van der Waals surface area contributed by atoms with Crippen LogP contribution in [0.15, 0.2) is 40.0 Å². The normalized spacial score (nSPS) is 15.7. The van der Waals surface area contributed by atoms with Crippen LogP contribution in [0.3, 0.4) is 0 Å². The van der Waals surface area contributed by atoms with Gasteiger partial charge in [-0.15, -0.1) is 0 Å². The molecule has 0 atom stereocenters. The number of halogens is 1. The molecule has 0 radical (unpaired) electrons. The lowest BCUT2D eigenvalue weighted by Crippen LogP contribution is -2.52. The zero-order chi connectivity index (χ0) is 19.8. The predicted molar refractivity (Wildman–Crippen MR) is 106 cm³/mol. The molecule has 0 amide bonds. The number of benzene rings is 1. The van der Waals surface area contributed by atoms with E-state index in [9.17, 15) is 4.39 Å². The van der Waals surface area contributed by atoms with Gasteiger partial charge in [-0.05, 0) is 31.5 Å². The van der Waals surface area contributed by atoms with E-state index < -0.39 is 0 Å². The molecular weight excluding hydrogens is 361 g/mol. The number of aromatic nitrogens is 1. The molecular formula is C20H28FN5O2. The molecule has 0 aliphatic carbocycles. The van der Waals surface area contributed by atoms with E-state index in [1.807, 2.05) is 26.0 Å². The molecule has 0 spiro atoms. The number of nitrogens with one attached hydrogen (secondary N) is 1. The maximum Gasteiger partial charge on any atom is 0.194 e. The van der Waals surface area contributed by atoms with E-state index in [2.05, 4.69) is 20.3 Å². The molecule has 7 nitrogen and oxygen atoms in total. The van der Waals surface area contributed by atoms with E-state index >= 15 is 0 Å². The summed E-state index contributed by atoms with van der Waals surface area (Å²) in [6.45, 7) is 9.94. The highest BCUT2D eigenvalue weighted by atomic mass is 19.1. The molecule has 1 saturated heterocycles. The molecule has 1 aromatic heterocycles. The smallest absolute Gasteiger partial charge is 0.194 e. The maximum absolute atomic E-state index is 14.0. The average Bonchev–Trinajstić information content (AvgIpc) is 3.21. The summed E-state index contributed by atoms with van der Waals surface area (Å²) in [4.78, 5) is 9.29. The monoisotopic (exact) mass is 389 g/mol. The van der Waals surface area contributed by atoms with Crippen molar-refractivity contribution in [2.24, 2.45) is 4.99 Å². The van der Waals surface area contributed by atoms with E-state index in [0.717, 1.165) is 56.5 Å². The molecule has 152 valence electrons. The van der Waals surface area contributed by atoms with Crippen LogP contribution in [0.4, 0.5) is 4.39 Å². The molecule has 1 aliphatic heterocycles. The second kappa shape index (κ2) is 10.1. The summed E-state index contributed by atoms with van der Waals surface area (Å²) in [6, 6.07) is 6.91. The average molecular weight is 389 g/mol. The highest BCUT2D eigenvalue weighted by molar-refractivity contribution is 5.80. The van der Waals surface area contributed by atoms with Crippen molar-refractivity contribution < 1.29 is 13.7 Å². The second-order valence-electron chi connectivity index (χ2n) is 6.62. The number of ether oxygens (including phenoxy) is 1. The van der Waals surface area contributed by atoms with Crippen molar-refractivity contribution >= 4 is 5.96 Å². The lowest BCUT2D eigenvalue weighted by atomic mass is 10.2. The van der Waals surface area contributed by atoms with Gasteiger partial charge in [0.25, 0.3) is 0 Å². The van der Waals surface area contributed by atoms with Gasteiger partial charge in [-0.2, -0.15) is 0 Å². The van der Waals surface area contributed by atoms with Gasteiger partial charge in [-0.1, -0.05) is 11.2 Å². The molecule has 0 unspecified atom stereocenters. The summed E-state index contributed by atoms with van der Waals surface area (Å²) in [5.74, 6) is 0.796. The minimum absolute atomic E-state index is 0.283.